The highest BCUT2D eigenvalue weighted by molar-refractivity contribution is 5.26. The summed E-state index contributed by atoms with van der Waals surface area (Å²) >= 11 is 0. The second kappa shape index (κ2) is 3.45. The standard InChI is InChI=1S/C12H20O/c1-8-3-5-10(7-13)12-9(2)4-6-11(8)12/h8,10-11,13H,3-7H2,1-2H3/t8?,10-,11+/m0/s1. The molecule has 0 heterocycles. The van der Waals surface area contributed by atoms with E-state index in [0.29, 0.717) is 12.5 Å². The van der Waals surface area contributed by atoms with Crippen molar-refractivity contribution in [2.45, 2.75) is 39.5 Å². The molecule has 0 bridgehead atoms. The molecule has 3 atom stereocenters. The normalized spacial score (nSPS) is 39.5. The highest BCUT2D eigenvalue weighted by Gasteiger charge is 2.36. The molecule has 0 aromatic carbocycles. The summed E-state index contributed by atoms with van der Waals surface area (Å²) in [6.45, 7) is 5.00. The lowest BCUT2D eigenvalue weighted by Crippen LogP contribution is -2.26. The van der Waals surface area contributed by atoms with Gasteiger partial charge in [0.15, 0.2) is 0 Å². The van der Waals surface area contributed by atoms with Crippen LogP contribution >= 0.6 is 0 Å². The average Bonchev–Trinajstić information content (AvgIpc) is 2.51. The zero-order chi connectivity index (χ0) is 9.42. The van der Waals surface area contributed by atoms with E-state index in [1.165, 1.54) is 25.7 Å². The molecular formula is C12H20O. The highest BCUT2D eigenvalue weighted by Crippen LogP contribution is 2.47. The third kappa shape index (κ3) is 1.43. The van der Waals surface area contributed by atoms with Crippen molar-refractivity contribution in [1.29, 1.82) is 0 Å². The zero-order valence-corrected chi connectivity index (χ0v) is 8.71. The zero-order valence-electron chi connectivity index (χ0n) is 8.71. The monoisotopic (exact) mass is 180 g/mol. The van der Waals surface area contributed by atoms with Crippen LogP contribution in [0.15, 0.2) is 11.1 Å². The van der Waals surface area contributed by atoms with Gasteiger partial charge in [-0.25, -0.2) is 0 Å². The first-order chi connectivity index (χ1) is 6.24. The minimum Gasteiger partial charge on any atom is -0.396 e. The second-order valence-electron chi connectivity index (χ2n) is 4.81. The van der Waals surface area contributed by atoms with Gasteiger partial charge < -0.3 is 5.11 Å². The summed E-state index contributed by atoms with van der Waals surface area (Å²) in [6.07, 6.45) is 5.15. The number of aliphatic hydroxyl groups is 1. The van der Waals surface area contributed by atoms with Crippen LogP contribution in [0.2, 0.25) is 0 Å². The Morgan fingerprint density at radius 2 is 2.08 bits per heavy atom. The Kier molecular flexibility index (Phi) is 2.46. The summed E-state index contributed by atoms with van der Waals surface area (Å²) in [5.41, 5.74) is 3.21. The molecule has 1 unspecified atom stereocenters. The van der Waals surface area contributed by atoms with Gasteiger partial charge >= 0.3 is 0 Å². The molecule has 0 spiro atoms. The highest BCUT2D eigenvalue weighted by atomic mass is 16.3. The smallest absolute Gasteiger partial charge is 0.0496 e. The Hall–Kier alpha value is -0.300. The summed E-state index contributed by atoms with van der Waals surface area (Å²) in [7, 11) is 0. The van der Waals surface area contributed by atoms with Crippen molar-refractivity contribution in [1.82, 2.24) is 0 Å². The van der Waals surface area contributed by atoms with Gasteiger partial charge in [-0.2, -0.15) is 0 Å². The molecule has 1 nitrogen and oxygen atoms in total. The van der Waals surface area contributed by atoms with Gasteiger partial charge in [0.2, 0.25) is 0 Å². The van der Waals surface area contributed by atoms with Crippen molar-refractivity contribution in [2.75, 3.05) is 6.61 Å². The second-order valence-corrected chi connectivity index (χ2v) is 4.81. The third-order valence-corrected chi connectivity index (χ3v) is 4.04. The molecule has 0 aliphatic heterocycles. The molecule has 2 rings (SSSR count). The Morgan fingerprint density at radius 3 is 2.77 bits per heavy atom. The number of allylic oxidation sites excluding steroid dienone is 1. The van der Waals surface area contributed by atoms with Gasteiger partial charge in [-0.05, 0) is 44.4 Å². The molecule has 74 valence electrons. The van der Waals surface area contributed by atoms with Crippen LogP contribution in [0.25, 0.3) is 0 Å². The van der Waals surface area contributed by atoms with E-state index in [1.54, 1.807) is 11.1 Å². The SMILES string of the molecule is CC1=C2[C@H](CO)CCC(C)[C@H]2CC1. The molecule has 2 aliphatic carbocycles. The Balaban J connectivity index is 2.25. The summed E-state index contributed by atoms with van der Waals surface area (Å²) in [5, 5.41) is 9.31. The lowest BCUT2D eigenvalue weighted by Gasteiger charge is -2.34. The molecule has 0 saturated heterocycles. The quantitative estimate of drug-likeness (QED) is 0.615. The molecule has 1 saturated carbocycles. The fraction of sp³-hybridized carbons (Fsp3) is 0.833. The Bertz CT molecular complexity index is 229. The first-order valence-electron chi connectivity index (χ1n) is 5.54. The average molecular weight is 180 g/mol. The van der Waals surface area contributed by atoms with Crippen LogP contribution in [0.5, 0.6) is 0 Å². The first-order valence-corrected chi connectivity index (χ1v) is 5.54. The maximum atomic E-state index is 9.31. The Morgan fingerprint density at radius 1 is 1.31 bits per heavy atom. The van der Waals surface area contributed by atoms with Gasteiger partial charge in [0.1, 0.15) is 0 Å². The van der Waals surface area contributed by atoms with E-state index >= 15 is 0 Å². The number of hydrogen-bond donors (Lipinski definition) is 1. The largest absolute Gasteiger partial charge is 0.396 e. The molecule has 0 aromatic heterocycles. The van der Waals surface area contributed by atoms with Crippen LogP contribution in [0.4, 0.5) is 0 Å². The number of fused-ring (bicyclic) bond motifs is 1. The van der Waals surface area contributed by atoms with Gasteiger partial charge in [0, 0.05) is 12.5 Å². The van der Waals surface area contributed by atoms with Crippen molar-refractivity contribution in [2.24, 2.45) is 17.8 Å². The summed E-state index contributed by atoms with van der Waals surface area (Å²) in [6, 6.07) is 0. The molecule has 1 heteroatoms. The van der Waals surface area contributed by atoms with E-state index < -0.39 is 0 Å². The van der Waals surface area contributed by atoms with Crippen LogP contribution in [0, 0.1) is 17.8 Å². The number of hydrogen-bond acceptors (Lipinski definition) is 1. The van der Waals surface area contributed by atoms with E-state index in [2.05, 4.69) is 13.8 Å². The summed E-state index contributed by atoms with van der Waals surface area (Å²) in [5.74, 6) is 2.17. The van der Waals surface area contributed by atoms with E-state index in [4.69, 9.17) is 0 Å². The predicted octanol–water partition coefficient (Wildman–Crippen LogP) is 2.75. The maximum absolute atomic E-state index is 9.31. The minimum atomic E-state index is 0.371. The van der Waals surface area contributed by atoms with Crippen LogP contribution in [0.3, 0.4) is 0 Å². The fourth-order valence-electron chi connectivity index (χ4n) is 3.24. The predicted molar refractivity (Wildman–Crippen MR) is 54.4 cm³/mol. The van der Waals surface area contributed by atoms with Crippen molar-refractivity contribution in [3.8, 4) is 0 Å². The Labute approximate surface area is 80.8 Å². The third-order valence-electron chi connectivity index (χ3n) is 4.04. The van der Waals surface area contributed by atoms with Crippen molar-refractivity contribution in [3.05, 3.63) is 11.1 Å². The fourth-order valence-corrected chi connectivity index (χ4v) is 3.24. The van der Waals surface area contributed by atoms with Crippen LogP contribution in [0.1, 0.15) is 39.5 Å². The van der Waals surface area contributed by atoms with E-state index in [-0.39, 0.29) is 0 Å². The molecule has 1 N–H and O–H groups in total. The van der Waals surface area contributed by atoms with Crippen LogP contribution < -0.4 is 0 Å². The maximum Gasteiger partial charge on any atom is 0.0496 e. The molecule has 0 aromatic rings. The van der Waals surface area contributed by atoms with Crippen LogP contribution in [-0.4, -0.2) is 11.7 Å². The van der Waals surface area contributed by atoms with Gasteiger partial charge in [-0.15, -0.1) is 0 Å². The first kappa shape index (κ1) is 9.26. The molecule has 2 aliphatic rings. The van der Waals surface area contributed by atoms with E-state index in [0.717, 1.165) is 11.8 Å². The van der Waals surface area contributed by atoms with Gasteiger partial charge in [0.05, 0.1) is 0 Å². The molecular weight excluding hydrogens is 160 g/mol. The van der Waals surface area contributed by atoms with Crippen molar-refractivity contribution >= 4 is 0 Å². The number of rotatable bonds is 1. The summed E-state index contributed by atoms with van der Waals surface area (Å²) < 4.78 is 0. The van der Waals surface area contributed by atoms with Gasteiger partial charge in [-0.1, -0.05) is 18.1 Å². The van der Waals surface area contributed by atoms with Gasteiger partial charge in [0.25, 0.3) is 0 Å². The molecule has 13 heavy (non-hydrogen) atoms. The van der Waals surface area contributed by atoms with Gasteiger partial charge in [-0.3, -0.25) is 0 Å². The topological polar surface area (TPSA) is 20.2 Å². The summed E-state index contributed by atoms with van der Waals surface area (Å²) in [4.78, 5) is 0. The molecule has 0 radical (unpaired) electrons. The molecule has 0 amide bonds. The molecule has 1 fully saturated rings. The minimum absolute atomic E-state index is 0.371. The van der Waals surface area contributed by atoms with E-state index in [9.17, 15) is 5.11 Å². The van der Waals surface area contributed by atoms with E-state index in [1.807, 2.05) is 0 Å². The van der Waals surface area contributed by atoms with Crippen molar-refractivity contribution in [3.63, 3.8) is 0 Å². The van der Waals surface area contributed by atoms with Crippen LogP contribution in [-0.2, 0) is 0 Å². The lowest BCUT2D eigenvalue weighted by molar-refractivity contribution is 0.187. The number of aliphatic hydroxyl groups excluding tert-OH is 1. The van der Waals surface area contributed by atoms with Crippen molar-refractivity contribution < 1.29 is 5.11 Å². The lowest BCUT2D eigenvalue weighted by atomic mass is 9.72.